The zero-order valence-corrected chi connectivity index (χ0v) is 11.9. The number of rotatable bonds is 5. The van der Waals surface area contributed by atoms with Crippen LogP contribution >= 0.6 is 0 Å². The van der Waals surface area contributed by atoms with Crippen LogP contribution in [0.3, 0.4) is 0 Å². The van der Waals surface area contributed by atoms with Gasteiger partial charge in [0.25, 0.3) is 5.82 Å². The third kappa shape index (κ3) is 4.68. The molecule has 0 unspecified atom stereocenters. The van der Waals surface area contributed by atoms with Crippen LogP contribution in [0.2, 0.25) is 0 Å². The highest BCUT2D eigenvalue weighted by molar-refractivity contribution is 5.66. The number of carboxylic acids is 1. The largest absolute Gasteiger partial charge is 1.00 e. The van der Waals surface area contributed by atoms with Crippen LogP contribution in [0.1, 0.15) is 12.8 Å². The van der Waals surface area contributed by atoms with E-state index in [9.17, 15) is 9.18 Å². The van der Waals surface area contributed by atoms with E-state index < -0.39 is 5.97 Å². The topological polar surface area (TPSA) is 80.1 Å². The predicted molar refractivity (Wildman–Crippen MR) is 71.1 cm³/mol. The van der Waals surface area contributed by atoms with Gasteiger partial charge in [0.05, 0.1) is 0 Å². The molecule has 7 heteroatoms. The van der Waals surface area contributed by atoms with Crippen LogP contribution in [-0.4, -0.2) is 16.2 Å². The fourth-order valence-corrected chi connectivity index (χ4v) is 1.81. The average Bonchev–Trinajstić information content (AvgIpc) is 2.41. The van der Waals surface area contributed by atoms with Gasteiger partial charge in [-0.15, -0.1) is 4.68 Å². The van der Waals surface area contributed by atoms with E-state index in [-0.39, 0.29) is 24.6 Å². The molecule has 3 N–H and O–H groups in total. The molecular formula is C14H15ClFN3O2. The number of benzene rings is 1. The zero-order valence-electron chi connectivity index (χ0n) is 11.2. The Morgan fingerprint density at radius 1 is 1.24 bits per heavy atom. The second-order valence-electron chi connectivity index (χ2n) is 4.37. The van der Waals surface area contributed by atoms with Crippen LogP contribution < -0.4 is 22.8 Å². The van der Waals surface area contributed by atoms with Gasteiger partial charge in [-0.2, -0.15) is 0 Å². The summed E-state index contributed by atoms with van der Waals surface area (Å²) in [5.41, 5.74) is 7.24. The van der Waals surface area contributed by atoms with Crippen LogP contribution in [0, 0.1) is 5.82 Å². The normalized spacial score (nSPS) is 9.95. The standard InChI is InChI=1S/C14H14FN3O2.ClH/c15-11-5-3-10(4-6-11)12-7-8-13(16)18(17-12)9-1-2-14(19)20;/h3-8,16H,1-2,9H2,(H,19,20);1H. The molecular weight excluding hydrogens is 297 g/mol. The van der Waals surface area contributed by atoms with E-state index in [4.69, 9.17) is 10.8 Å². The molecule has 1 aromatic heterocycles. The number of anilines is 1. The maximum atomic E-state index is 12.9. The van der Waals surface area contributed by atoms with Crippen molar-refractivity contribution in [3.8, 4) is 11.3 Å². The molecule has 1 aromatic carbocycles. The minimum atomic E-state index is -0.848. The highest BCUT2D eigenvalue weighted by Crippen LogP contribution is 2.16. The summed E-state index contributed by atoms with van der Waals surface area (Å²) in [6.45, 7) is 0.424. The van der Waals surface area contributed by atoms with Gasteiger partial charge in [0.15, 0.2) is 0 Å². The number of aromatic nitrogens is 2. The Morgan fingerprint density at radius 2 is 1.90 bits per heavy atom. The Hall–Kier alpha value is -2.21. The van der Waals surface area contributed by atoms with Crippen LogP contribution in [-0.2, 0) is 11.3 Å². The van der Waals surface area contributed by atoms with Crippen LogP contribution in [0.25, 0.3) is 11.3 Å². The molecule has 0 atom stereocenters. The SMILES string of the molecule is Nc1ccc(-c2ccc(F)cc2)n[n+]1CCCC(=O)O.[Cl-]. The first-order chi connectivity index (χ1) is 9.56. The second kappa shape index (κ2) is 7.54. The monoisotopic (exact) mass is 311 g/mol. The summed E-state index contributed by atoms with van der Waals surface area (Å²) >= 11 is 0. The molecule has 0 saturated heterocycles. The Bertz CT molecular complexity index is 620. The maximum Gasteiger partial charge on any atom is 0.303 e. The van der Waals surface area contributed by atoms with Crippen molar-refractivity contribution in [1.29, 1.82) is 0 Å². The summed E-state index contributed by atoms with van der Waals surface area (Å²) in [4.78, 5) is 10.5. The summed E-state index contributed by atoms with van der Waals surface area (Å²) in [5.74, 6) is -0.696. The highest BCUT2D eigenvalue weighted by Gasteiger charge is 2.10. The molecule has 2 rings (SSSR count). The number of carboxylic acid groups (broad SMARTS) is 1. The van der Waals surface area contributed by atoms with Crippen LogP contribution in [0.5, 0.6) is 0 Å². The number of nitrogen functional groups attached to an aromatic ring is 1. The molecule has 0 amide bonds. The zero-order chi connectivity index (χ0) is 14.5. The Labute approximate surface area is 127 Å². The van der Waals surface area contributed by atoms with Crippen molar-refractivity contribution in [1.82, 2.24) is 5.10 Å². The Kier molecular flexibility index (Phi) is 6.05. The lowest BCUT2D eigenvalue weighted by Gasteiger charge is -2.04. The Morgan fingerprint density at radius 3 is 2.52 bits per heavy atom. The molecule has 0 bridgehead atoms. The first-order valence-electron chi connectivity index (χ1n) is 6.20. The Balaban J connectivity index is 0.00000220. The molecule has 21 heavy (non-hydrogen) atoms. The van der Waals surface area contributed by atoms with Crippen molar-refractivity contribution < 1.29 is 31.4 Å². The first-order valence-corrected chi connectivity index (χ1v) is 6.20. The molecule has 0 aliphatic rings. The number of nitrogens with zero attached hydrogens (tertiary/aromatic N) is 2. The van der Waals surface area contributed by atoms with E-state index in [1.54, 1.807) is 28.9 Å². The van der Waals surface area contributed by atoms with Crippen molar-refractivity contribution >= 4 is 11.8 Å². The van der Waals surface area contributed by atoms with E-state index in [2.05, 4.69) is 5.10 Å². The summed E-state index contributed by atoms with van der Waals surface area (Å²) in [6, 6.07) is 9.44. The molecule has 0 spiro atoms. The number of hydrogen-bond acceptors (Lipinski definition) is 3. The maximum absolute atomic E-state index is 12.9. The lowest BCUT2D eigenvalue weighted by molar-refractivity contribution is -0.739. The number of hydrogen-bond donors (Lipinski definition) is 2. The summed E-state index contributed by atoms with van der Waals surface area (Å²) in [7, 11) is 0. The molecule has 0 aliphatic carbocycles. The third-order valence-electron chi connectivity index (χ3n) is 2.84. The van der Waals surface area contributed by atoms with Crippen LogP contribution in [0.15, 0.2) is 36.4 Å². The fraction of sp³-hybridized carbons (Fsp3) is 0.214. The molecule has 0 fully saturated rings. The highest BCUT2D eigenvalue weighted by atomic mass is 35.5. The lowest BCUT2D eigenvalue weighted by Crippen LogP contribution is -3.00. The van der Waals surface area contributed by atoms with E-state index >= 15 is 0 Å². The van der Waals surface area contributed by atoms with E-state index in [1.165, 1.54) is 12.1 Å². The van der Waals surface area contributed by atoms with E-state index in [0.29, 0.717) is 24.5 Å². The van der Waals surface area contributed by atoms with Gasteiger partial charge >= 0.3 is 5.97 Å². The molecule has 112 valence electrons. The molecule has 0 aliphatic heterocycles. The van der Waals surface area contributed by atoms with Gasteiger partial charge in [-0.3, -0.25) is 10.5 Å². The summed E-state index contributed by atoms with van der Waals surface area (Å²) in [6.07, 6.45) is 0.513. The minimum Gasteiger partial charge on any atom is -1.00 e. The molecule has 5 nitrogen and oxygen atoms in total. The van der Waals surface area contributed by atoms with Crippen LogP contribution in [0.4, 0.5) is 10.2 Å². The van der Waals surface area contributed by atoms with Gasteiger partial charge in [0, 0.05) is 18.1 Å². The number of nitrogens with two attached hydrogens (primary N) is 1. The molecule has 1 heterocycles. The first kappa shape index (κ1) is 16.8. The average molecular weight is 312 g/mol. The van der Waals surface area contributed by atoms with Crippen molar-refractivity contribution in [2.75, 3.05) is 5.73 Å². The number of aryl methyl sites for hydroxylation is 1. The molecule has 0 radical (unpaired) electrons. The number of carbonyl (C=O) groups is 1. The van der Waals surface area contributed by atoms with Crippen molar-refractivity contribution in [2.45, 2.75) is 19.4 Å². The lowest BCUT2D eigenvalue weighted by atomic mass is 10.1. The van der Waals surface area contributed by atoms with Gasteiger partial charge in [-0.25, -0.2) is 4.39 Å². The third-order valence-corrected chi connectivity index (χ3v) is 2.84. The second-order valence-corrected chi connectivity index (χ2v) is 4.37. The minimum absolute atomic E-state index is 0. The summed E-state index contributed by atoms with van der Waals surface area (Å²) < 4.78 is 14.4. The van der Waals surface area contributed by atoms with Crippen molar-refractivity contribution in [3.63, 3.8) is 0 Å². The van der Waals surface area contributed by atoms with Crippen molar-refractivity contribution in [2.24, 2.45) is 0 Å². The fourth-order valence-electron chi connectivity index (χ4n) is 1.81. The van der Waals surface area contributed by atoms with Gasteiger partial charge in [0.1, 0.15) is 18.1 Å². The van der Waals surface area contributed by atoms with Gasteiger partial charge in [-0.05, 0) is 36.8 Å². The predicted octanol–water partition coefficient (Wildman–Crippen LogP) is -1.37. The number of halogens is 2. The molecule has 0 saturated carbocycles. The van der Waals surface area contributed by atoms with Crippen molar-refractivity contribution in [3.05, 3.63) is 42.2 Å². The smallest absolute Gasteiger partial charge is 0.303 e. The van der Waals surface area contributed by atoms with E-state index in [0.717, 1.165) is 5.56 Å². The van der Waals surface area contributed by atoms with E-state index in [1.807, 2.05) is 0 Å². The summed E-state index contributed by atoms with van der Waals surface area (Å²) in [5, 5.41) is 13.0. The quantitative estimate of drug-likeness (QED) is 0.668. The van der Waals surface area contributed by atoms with Gasteiger partial charge in [-0.1, -0.05) is 5.10 Å². The van der Waals surface area contributed by atoms with Gasteiger partial charge < -0.3 is 17.5 Å². The molecule has 2 aromatic rings. The van der Waals surface area contributed by atoms with Gasteiger partial charge in [0.2, 0.25) is 0 Å². The number of aliphatic carboxylic acids is 1.